The number of hydrogen-bond donors (Lipinski definition) is 1. The third kappa shape index (κ3) is 5.08. The van der Waals surface area contributed by atoms with Gasteiger partial charge in [0.05, 0.1) is 15.4 Å². The van der Waals surface area contributed by atoms with Gasteiger partial charge in [-0.15, -0.1) is 10.2 Å². The molecule has 5 rings (SSSR count). The second-order valence-electron chi connectivity index (χ2n) is 8.62. The molecule has 1 fully saturated rings. The molecule has 0 amide bonds. The van der Waals surface area contributed by atoms with Gasteiger partial charge in [-0.1, -0.05) is 35.3 Å². The number of hydrogen-bond acceptors (Lipinski definition) is 7. The highest BCUT2D eigenvalue weighted by molar-refractivity contribution is 6.42. The van der Waals surface area contributed by atoms with Gasteiger partial charge in [-0.25, -0.2) is 0 Å². The zero-order valence-corrected chi connectivity index (χ0v) is 20.2. The Morgan fingerprint density at radius 1 is 1.09 bits per heavy atom. The monoisotopic (exact) mass is 501 g/mol. The van der Waals surface area contributed by atoms with Crippen LogP contribution in [0.5, 0.6) is 5.75 Å². The summed E-state index contributed by atoms with van der Waals surface area (Å²) in [7, 11) is 0. The topological polar surface area (TPSA) is 84.8 Å². The molecule has 0 unspecified atom stereocenters. The van der Waals surface area contributed by atoms with Crippen LogP contribution in [0.2, 0.25) is 10.0 Å². The molecule has 0 radical (unpaired) electrons. The van der Waals surface area contributed by atoms with Crippen LogP contribution < -0.4 is 4.74 Å². The van der Waals surface area contributed by atoms with Crippen LogP contribution in [0.4, 0.5) is 0 Å². The van der Waals surface area contributed by atoms with E-state index in [-0.39, 0.29) is 6.61 Å². The molecule has 1 atom stereocenters. The SMILES string of the molecule is Cc1nnc(-c2cc3c(OC[C@H](O)CN4CCC(c5ccc(Cl)c(Cl)c5)CC4)cccc3o2)o1. The fourth-order valence-electron chi connectivity index (χ4n) is 4.41. The van der Waals surface area contributed by atoms with Crippen molar-refractivity contribution in [3.63, 3.8) is 0 Å². The fraction of sp³-hybridized carbons (Fsp3) is 0.360. The summed E-state index contributed by atoms with van der Waals surface area (Å²) in [5.74, 6) is 2.37. The van der Waals surface area contributed by atoms with Crippen LogP contribution in [-0.2, 0) is 0 Å². The van der Waals surface area contributed by atoms with Gasteiger partial charge in [-0.05, 0) is 61.7 Å². The second kappa shape index (κ2) is 9.96. The Labute approximate surface area is 207 Å². The van der Waals surface area contributed by atoms with Gasteiger partial charge in [0, 0.05) is 19.5 Å². The van der Waals surface area contributed by atoms with Crippen LogP contribution in [-0.4, -0.2) is 52.5 Å². The third-order valence-electron chi connectivity index (χ3n) is 6.16. The molecule has 2 aromatic heterocycles. The normalized spacial score (nSPS) is 16.2. The number of nitrogens with zero attached hydrogens (tertiary/aromatic N) is 3. The van der Waals surface area contributed by atoms with Gasteiger partial charge in [0.1, 0.15) is 24.0 Å². The molecule has 0 aliphatic carbocycles. The first kappa shape index (κ1) is 23.2. The molecular weight excluding hydrogens is 477 g/mol. The van der Waals surface area contributed by atoms with E-state index in [1.807, 2.05) is 36.4 Å². The van der Waals surface area contributed by atoms with E-state index in [0.29, 0.717) is 51.4 Å². The lowest BCUT2D eigenvalue weighted by molar-refractivity contribution is 0.0599. The van der Waals surface area contributed by atoms with Crippen molar-refractivity contribution in [2.45, 2.75) is 31.8 Å². The van der Waals surface area contributed by atoms with Crippen LogP contribution >= 0.6 is 23.2 Å². The molecule has 0 saturated carbocycles. The van der Waals surface area contributed by atoms with Crippen molar-refractivity contribution in [1.82, 2.24) is 15.1 Å². The number of likely N-dealkylation sites (tertiary alicyclic amines) is 1. The molecule has 0 spiro atoms. The lowest BCUT2D eigenvalue weighted by atomic mass is 9.89. The summed E-state index contributed by atoms with van der Waals surface area (Å²) >= 11 is 12.2. The third-order valence-corrected chi connectivity index (χ3v) is 6.90. The van der Waals surface area contributed by atoms with E-state index in [1.54, 1.807) is 6.92 Å². The largest absolute Gasteiger partial charge is 0.490 e. The van der Waals surface area contributed by atoms with Gasteiger partial charge < -0.3 is 23.6 Å². The summed E-state index contributed by atoms with van der Waals surface area (Å²) < 4.78 is 17.2. The number of rotatable bonds is 7. The average Bonchev–Trinajstić information content (AvgIpc) is 3.46. The first-order valence-corrected chi connectivity index (χ1v) is 12.0. The number of halogens is 2. The predicted molar refractivity (Wildman–Crippen MR) is 131 cm³/mol. The number of ether oxygens (including phenoxy) is 1. The minimum atomic E-state index is -0.609. The zero-order chi connectivity index (χ0) is 23.7. The number of β-amino-alcohol motifs (C(OH)–C–C–N with tert-alkyl or cyclic N) is 1. The van der Waals surface area contributed by atoms with Gasteiger partial charge in [0.25, 0.3) is 5.89 Å². The van der Waals surface area contributed by atoms with Gasteiger partial charge >= 0.3 is 0 Å². The average molecular weight is 502 g/mol. The highest BCUT2D eigenvalue weighted by Crippen LogP contribution is 2.34. The summed E-state index contributed by atoms with van der Waals surface area (Å²) in [4.78, 5) is 2.27. The first-order chi connectivity index (χ1) is 16.5. The lowest BCUT2D eigenvalue weighted by Crippen LogP contribution is -2.40. The Balaban J connectivity index is 1.16. The maximum absolute atomic E-state index is 10.6. The molecule has 2 aromatic carbocycles. The second-order valence-corrected chi connectivity index (χ2v) is 9.43. The number of furan rings is 1. The summed E-state index contributed by atoms with van der Waals surface area (Å²) in [6.07, 6.45) is 1.41. The first-order valence-electron chi connectivity index (χ1n) is 11.3. The molecule has 9 heteroatoms. The van der Waals surface area contributed by atoms with Crippen LogP contribution in [0, 0.1) is 6.92 Å². The van der Waals surface area contributed by atoms with E-state index in [9.17, 15) is 5.11 Å². The van der Waals surface area contributed by atoms with Gasteiger partial charge in [0.15, 0.2) is 5.76 Å². The Bertz CT molecular complexity index is 1280. The number of aliphatic hydroxyl groups excluding tert-OH is 1. The van der Waals surface area contributed by atoms with Gasteiger partial charge in [-0.3, -0.25) is 0 Å². The van der Waals surface area contributed by atoms with E-state index in [2.05, 4.69) is 21.2 Å². The Morgan fingerprint density at radius 3 is 2.65 bits per heavy atom. The molecule has 1 N–H and O–H groups in total. The molecule has 1 saturated heterocycles. The number of aromatic nitrogens is 2. The maximum Gasteiger partial charge on any atom is 0.283 e. The molecule has 1 aliphatic rings. The molecular formula is C25H25Cl2N3O4. The number of aryl methyl sites for hydroxylation is 1. The van der Waals surface area contributed by atoms with Crippen molar-refractivity contribution < 1.29 is 18.7 Å². The van der Waals surface area contributed by atoms with E-state index in [1.165, 1.54) is 5.56 Å². The highest BCUT2D eigenvalue weighted by atomic mass is 35.5. The highest BCUT2D eigenvalue weighted by Gasteiger charge is 2.23. The van der Waals surface area contributed by atoms with Crippen molar-refractivity contribution >= 4 is 34.2 Å². The number of fused-ring (bicyclic) bond motifs is 1. The predicted octanol–water partition coefficient (Wildman–Crippen LogP) is 5.72. The smallest absolute Gasteiger partial charge is 0.283 e. The van der Waals surface area contributed by atoms with Crippen molar-refractivity contribution in [3.8, 4) is 17.4 Å². The summed E-state index contributed by atoms with van der Waals surface area (Å²) in [6, 6.07) is 13.3. The van der Waals surface area contributed by atoms with Crippen LogP contribution in [0.15, 0.2) is 51.3 Å². The molecule has 7 nitrogen and oxygen atoms in total. The van der Waals surface area contributed by atoms with Crippen molar-refractivity contribution in [1.29, 1.82) is 0 Å². The van der Waals surface area contributed by atoms with E-state index >= 15 is 0 Å². The minimum Gasteiger partial charge on any atom is -0.490 e. The molecule has 178 valence electrons. The molecule has 0 bridgehead atoms. The van der Waals surface area contributed by atoms with Crippen LogP contribution in [0.25, 0.3) is 22.6 Å². The zero-order valence-electron chi connectivity index (χ0n) is 18.7. The number of benzene rings is 2. The molecule has 3 heterocycles. The summed E-state index contributed by atoms with van der Waals surface area (Å²) in [5, 5.41) is 20.4. The van der Waals surface area contributed by atoms with Crippen molar-refractivity contribution in [2.24, 2.45) is 0 Å². The van der Waals surface area contributed by atoms with Gasteiger partial charge in [0.2, 0.25) is 5.89 Å². The number of piperidine rings is 1. The molecule has 1 aliphatic heterocycles. The standard InChI is InChI=1S/C25H25Cl2N3O4/c1-15-28-29-25(33-15)24-12-19-22(3-2-4-23(19)34-24)32-14-18(31)13-30-9-7-16(8-10-30)17-5-6-20(26)21(27)11-17/h2-6,11-12,16,18,31H,7-10,13-14H2,1H3/t18-/m1/s1. The van der Waals surface area contributed by atoms with E-state index < -0.39 is 6.10 Å². The number of aliphatic hydroxyl groups is 1. The lowest BCUT2D eigenvalue weighted by Gasteiger charge is -2.33. The Kier molecular flexibility index (Phi) is 6.79. The Morgan fingerprint density at radius 2 is 1.91 bits per heavy atom. The Hall–Kier alpha value is -2.58. The minimum absolute atomic E-state index is 0.187. The van der Waals surface area contributed by atoms with Crippen molar-refractivity contribution in [2.75, 3.05) is 26.2 Å². The van der Waals surface area contributed by atoms with Crippen LogP contribution in [0.3, 0.4) is 0 Å². The quantitative estimate of drug-likeness (QED) is 0.346. The van der Waals surface area contributed by atoms with Crippen LogP contribution in [0.1, 0.15) is 30.2 Å². The van der Waals surface area contributed by atoms with E-state index in [4.69, 9.17) is 36.8 Å². The van der Waals surface area contributed by atoms with Gasteiger partial charge in [-0.2, -0.15) is 0 Å². The summed E-state index contributed by atoms with van der Waals surface area (Å²) in [5.41, 5.74) is 1.88. The summed E-state index contributed by atoms with van der Waals surface area (Å²) in [6.45, 7) is 4.29. The van der Waals surface area contributed by atoms with Crippen molar-refractivity contribution in [3.05, 3.63) is 64.0 Å². The fourth-order valence-corrected chi connectivity index (χ4v) is 4.72. The maximum atomic E-state index is 10.6. The van der Waals surface area contributed by atoms with E-state index in [0.717, 1.165) is 31.3 Å². The molecule has 34 heavy (non-hydrogen) atoms. The molecule has 4 aromatic rings.